The molecule has 0 bridgehead atoms. The lowest BCUT2D eigenvalue weighted by molar-refractivity contribution is 0.0490. The van der Waals surface area contributed by atoms with Gasteiger partial charge in [-0.05, 0) is 31.6 Å². The summed E-state index contributed by atoms with van der Waals surface area (Å²) in [6.45, 7) is 5.94. The van der Waals surface area contributed by atoms with Crippen molar-refractivity contribution in [2.45, 2.75) is 51.0 Å². The summed E-state index contributed by atoms with van der Waals surface area (Å²) in [5, 5.41) is 6.29. The summed E-state index contributed by atoms with van der Waals surface area (Å²) in [7, 11) is 1.88. The second-order valence-corrected chi connectivity index (χ2v) is 9.34. The molecule has 0 aromatic carbocycles. The zero-order valence-corrected chi connectivity index (χ0v) is 20.7. The molecule has 3 fully saturated rings. The van der Waals surface area contributed by atoms with Crippen molar-refractivity contribution >= 4 is 5.91 Å². The van der Waals surface area contributed by atoms with E-state index in [0.29, 0.717) is 29.9 Å². The van der Waals surface area contributed by atoms with Crippen molar-refractivity contribution in [1.29, 1.82) is 0 Å². The number of ether oxygens (including phenoxy) is 3. The highest BCUT2D eigenvalue weighted by atomic mass is 16.5. The predicted molar refractivity (Wildman–Crippen MR) is 131 cm³/mol. The molecule has 2 saturated heterocycles. The third-order valence-corrected chi connectivity index (χ3v) is 6.58. The minimum atomic E-state index is -0.168. The van der Waals surface area contributed by atoms with E-state index in [9.17, 15) is 4.79 Å². The van der Waals surface area contributed by atoms with Crippen LogP contribution in [-0.4, -0.2) is 77.6 Å². The number of hydrogen-bond acceptors (Lipinski definition) is 8. The van der Waals surface area contributed by atoms with E-state index in [1.165, 1.54) is 6.42 Å². The van der Waals surface area contributed by atoms with Gasteiger partial charge in [0, 0.05) is 45.5 Å². The molecule has 0 radical (unpaired) electrons. The van der Waals surface area contributed by atoms with Crippen LogP contribution in [0.3, 0.4) is 0 Å². The number of nitrogens with one attached hydrogen (secondary N) is 2. The van der Waals surface area contributed by atoms with Crippen LogP contribution in [0.4, 0.5) is 0 Å². The maximum Gasteiger partial charge on any atom is 0.270 e. The van der Waals surface area contributed by atoms with Gasteiger partial charge < -0.3 is 29.4 Å². The van der Waals surface area contributed by atoms with Crippen LogP contribution in [0.5, 0.6) is 5.88 Å². The van der Waals surface area contributed by atoms with Crippen molar-refractivity contribution in [1.82, 2.24) is 30.2 Å². The lowest BCUT2D eigenvalue weighted by atomic mass is 9.95. The Labute approximate surface area is 207 Å². The van der Waals surface area contributed by atoms with Crippen LogP contribution >= 0.6 is 0 Å². The fourth-order valence-corrected chi connectivity index (χ4v) is 4.44. The van der Waals surface area contributed by atoms with E-state index < -0.39 is 0 Å². The van der Waals surface area contributed by atoms with Crippen LogP contribution in [0.25, 0.3) is 11.5 Å². The van der Waals surface area contributed by atoms with Crippen LogP contribution in [0.2, 0.25) is 0 Å². The van der Waals surface area contributed by atoms with E-state index in [-0.39, 0.29) is 11.9 Å². The van der Waals surface area contributed by atoms with E-state index in [2.05, 4.69) is 25.6 Å². The maximum absolute atomic E-state index is 12.9. The Balaban J connectivity index is 0.000000421. The largest absolute Gasteiger partial charge is 0.477 e. The first kappa shape index (κ1) is 25.5. The minimum absolute atomic E-state index is 0.168. The van der Waals surface area contributed by atoms with Gasteiger partial charge >= 0.3 is 0 Å². The number of carbonyl (C=O) groups is 1. The number of morpholine rings is 1. The van der Waals surface area contributed by atoms with Crippen LogP contribution in [0, 0.1) is 5.92 Å². The summed E-state index contributed by atoms with van der Waals surface area (Å²) in [5.74, 6) is 1.15. The zero-order chi connectivity index (χ0) is 24.3. The van der Waals surface area contributed by atoms with Gasteiger partial charge in [-0.25, -0.2) is 9.97 Å². The summed E-state index contributed by atoms with van der Waals surface area (Å²) >= 11 is 0. The Kier molecular flexibility index (Phi) is 9.85. The molecule has 1 amide bonds. The van der Waals surface area contributed by atoms with E-state index in [1.54, 1.807) is 18.6 Å². The molecule has 2 aliphatic heterocycles. The second-order valence-electron chi connectivity index (χ2n) is 9.34. The third kappa shape index (κ3) is 7.98. The van der Waals surface area contributed by atoms with Gasteiger partial charge in [0.2, 0.25) is 5.88 Å². The molecule has 1 saturated carbocycles. The minimum Gasteiger partial charge on any atom is -0.477 e. The SMILES string of the molecule is C1COCCN1.Cn1cncc1-c1nc(OCC2CCOCC2)cc(C(=O)NC2CCCCC2)n1. The highest BCUT2D eigenvalue weighted by Gasteiger charge is 2.21. The molecule has 10 nitrogen and oxygen atoms in total. The number of aryl methyl sites for hydroxylation is 1. The highest BCUT2D eigenvalue weighted by molar-refractivity contribution is 5.93. The smallest absolute Gasteiger partial charge is 0.270 e. The van der Waals surface area contributed by atoms with Crippen molar-refractivity contribution in [2.24, 2.45) is 13.0 Å². The Bertz CT molecular complexity index is 909. The molecule has 10 heteroatoms. The van der Waals surface area contributed by atoms with Gasteiger partial charge in [0.15, 0.2) is 5.82 Å². The van der Waals surface area contributed by atoms with Crippen molar-refractivity contribution in [3.63, 3.8) is 0 Å². The average Bonchev–Trinajstić information content (AvgIpc) is 3.36. The van der Waals surface area contributed by atoms with Crippen LogP contribution < -0.4 is 15.4 Å². The number of hydrogen-bond donors (Lipinski definition) is 2. The standard InChI is InChI=1S/C21H29N5O3.C4H9NO/c1-26-14-22-12-18(26)20-24-17(21(27)23-16-5-3-2-4-6-16)11-19(25-20)29-13-15-7-9-28-10-8-15;1-3-6-4-2-5-1/h11-12,14-16H,2-10,13H2,1H3,(H,23,27);5H,1-4H2. The Morgan fingerprint density at radius 2 is 1.83 bits per heavy atom. The highest BCUT2D eigenvalue weighted by Crippen LogP contribution is 2.22. The molecule has 0 spiro atoms. The molecule has 0 unspecified atom stereocenters. The number of nitrogens with zero attached hydrogens (tertiary/aromatic N) is 4. The first-order chi connectivity index (χ1) is 17.2. The number of aromatic nitrogens is 4. The Morgan fingerprint density at radius 1 is 1.09 bits per heavy atom. The zero-order valence-electron chi connectivity index (χ0n) is 20.7. The van der Waals surface area contributed by atoms with E-state index >= 15 is 0 Å². The molecule has 1 aliphatic carbocycles. The van der Waals surface area contributed by atoms with Gasteiger partial charge in [0.05, 0.1) is 32.3 Å². The van der Waals surface area contributed by atoms with E-state index in [1.807, 2.05) is 11.6 Å². The van der Waals surface area contributed by atoms with Crippen LogP contribution in [0.1, 0.15) is 55.4 Å². The summed E-state index contributed by atoms with van der Waals surface area (Å²) in [6.07, 6.45) is 11.0. The number of rotatable bonds is 6. The predicted octanol–water partition coefficient (Wildman–Crippen LogP) is 2.35. The summed E-state index contributed by atoms with van der Waals surface area (Å²) < 4.78 is 18.2. The molecule has 4 heterocycles. The maximum atomic E-state index is 12.9. The van der Waals surface area contributed by atoms with E-state index in [0.717, 1.165) is 83.7 Å². The molecule has 2 aromatic heterocycles. The van der Waals surface area contributed by atoms with Gasteiger partial charge in [-0.1, -0.05) is 19.3 Å². The molecule has 192 valence electrons. The molecule has 35 heavy (non-hydrogen) atoms. The van der Waals surface area contributed by atoms with Gasteiger partial charge in [0.25, 0.3) is 5.91 Å². The molecule has 2 aromatic rings. The lowest BCUT2D eigenvalue weighted by Gasteiger charge is -2.23. The van der Waals surface area contributed by atoms with Crippen molar-refractivity contribution in [2.75, 3.05) is 46.1 Å². The number of imidazole rings is 1. The Morgan fingerprint density at radius 3 is 2.46 bits per heavy atom. The third-order valence-electron chi connectivity index (χ3n) is 6.58. The summed E-state index contributed by atoms with van der Waals surface area (Å²) in [6, 6.07) is 1.87. The molecule has 3 aliphatic rings. The fourth-order valence-electron chi connectivity index (χ4n) is 4.44. The van der Waals surface area contributed by atoms with Crippen LogP contribution in [0.15, 0.2) is 18.6 Å². The van der Waals surface area contributed by atoms with Crippen molar-refractivity contribution in [3.8, 4) is 17.4 Å². The number of carbonyl (C=O) groups excluding carboxylic acids is 1. The second kappa shape index (κ2) is 13.5. The number of amides is 1. The molecule has 2 N–H and O–H groups in total. The van der Waals surface area contributed by atoms with Gasteiger partial charge in [-0.2, -0.15) is 4.98 Å². The van der Waals surface area contributed by atoms with Crippen LogP contribution in [-0.2, 0) is 16.5 Å². The van der Waals surface area contributed by atoms with Crippen molar-refractivity contribution in [3.05, 3.63) is 24.3 Å². The summed E-state index contributed by atoms with van der Waals surface area (Å²) in [5.41, 5.74) is 1.08. The molecule has 5 rings (SSSR count). The first-order valence-corrected chi connectivity index (χ1v) is 12.8. The summed E-state index contributed by atoms with van der Waals surface area (Å²) in [4.78, 5) is 26.1. The lowest BCUT2D eigenvalue weighted by Crippen LogP contribution is -2.36. The van der Waals surface area contributed by atoms with Crippen molar-refractivity contribution < 1.29 is 19.0 Å². The molecule has 0 atom stereocenters. The monoisotopic (exact) mass is 486 g/mol. The molecular weight excluding hydrogens is 448 g/mol. The van der Waals surface area contributed by atoms with Gasteiger partial charge in [-0.15, -0.1) is 0 Å². The fraction of sp³-hybridized carbons (Fsp3) is 0.680. The topological polar surface area (TPSA) is 112 Å². The first-order valence-electron chi connectivity index (χ1n) is 12.8. The average molecular weight is 487 g/mol. The quantitative estimate of drug-likeness (QED) is 0.640. The van der Waals surface area contributed by atoms with Gasteiger partial charge in [-0.3, -0.25) is 4.79 Å². The van der Waals surface area contributed by atoms with E-state index in [4.69, 9.17) is 14.2 Å². The van der Waals surface area contributed by atoms with Gasteiger partial charge in [0.1, 0.15) is 11.4 Å². The normalized spacial score (nSPS) is 19.5. The molecular formula is C25H38N6O4. The Hall–Kier alpha value is -2.56.